The Hall–Kier alpha value is -1.55. The summed E-state index contributed by atoms with van der Waals surface area (Å²) in [4.78, 5) is 36.2. The Kier molecular flexibility index (Phi) is 10.2. The van der Waals surface area contributed by atoms with Crippen LogP contribution < -0.4 is 10.7 Å². The molecule has 0 aliphatic heterocycles. The third-order valence-corrected chi connectivity index (χ3v) is 5.09. The fourth-order valence-corrected chi connectivity index (χ4v) is 3.48. The molecule has 29 heavy (non-hydrogen) atoms. The van der Waals surface area contributed by atoms with Gasteiger partial charge in [0.25, 0.3) is 0 Å². The summed E-state index contributed by atoms with van der Waals surface area (Å²) in [5.74, 6) is -1.27. The van der Waals surface area contributed by atoms with Crippen molar-refractivity contribution in [2.24, 2.45) is 0 Å². The predicted molar refractivity (Wildman–Crippen MR) is 113 cm³/mol. The summed E-state index contributed by atoms with van der Waals surface area (Å²) in [5, 5.41) is 11.7. The molecule has 2 N–H and O–H groups in total. The predicted octanol–water partition coefficient (Wildman–Crippen LogP) is 2.98. The number of hydrogen-bond acceptors (Lipinski definition) is 5. The maximum absolute atomic E-state index is 13.1. The van der Waals surface area contributed by atoms with E-state index in [0.717, 1.165) is 0 Å². The van der Waals surface area contributed by atoms with Gasteiger partial charge in [0.1, 0.15) is 18.3 Å². The standard InChI is InChI=1S/C19H23FN2O5S.Na.H/c1-4-12(20)10-27-19(26)21-11(3)28-13-6-7-16-14(8-13)17(23)15(18(24)25)9-22(16)5-2;;/h6-9,11-12H,4-5,10H2,1-3H3,(H,21,26)(H,24,25);;. The molecule has 2 aromatic rings. The van der Waals surface area contributed by atoms with Gasteiger partial charge < -0.3 is 19.7 Å². The topological polar surface area (TPSA) is 97.6 Å². The van der Waals surface area contributed by atoms with Crippen LogP contribution in [0.15, 0.2) is 34.1 Å². The summed E-state index contributed by atoms with van der Waals surface area (Å²) < 4.78 is 19.6. The minimum atomic E-state index is -1.27. The van der Waals surface area contributed by atoms with Crippen LogP contribution in [0.3, 0.4) is 0 Å². The monoisotopic (exact) mass is 434 g/mol. The van der Waals surface area contributed by atoms with Gasteiger partial charge in [-0.25, -0.2) is 14.0 Å². The maximum atomic E-state index is 13.1. The molecule has 0 saturated carbocycles. The van der Waals surface area contributed by atoms with Crippen LogP contribution in [0.1, 0.15) is 37.6 Å². The second-order valence-corrected chi connectivity index (χ2v) is 7.56. The van der Waals surface area contributed by atoms with E-state index >= 15 is 0 Å². The molecule has 1 aromatic heterocycles. The molecule has 0 saturated heterocycles. The van der Waals surface area contributed by atoms with Crippen molar-refractivity contribution in [1.29, 1.82) is 0 Å². The number of ether oxygens (including phenoxy) is 1. The molecular weight excluding hydrogens is 410 g/mol. The van der Waals surface area contributed by atoms with Crippen molar-refractivity contribution in [3.63, 3.8) is 0 Å². The van der Waals surface area contributed by atoms with Crippen LogP contribution in [-0.2, 0) is 11.3 Å². The number of carbonyl (C=O) groups is 2. The molecule has 2 unspecified atom stereocenters. The number of alkyl halides is 1. The van der Waals surface area contributed by atoms with E-state index in [2.05, 4.69) is 5.32 Å². The van der Waals surface area contributed by atoms with Crippen molar-refractivity contribution < 1.29 is 23.8 Å². The van der Waals surface area contributed by atoms with Crippen molar-refractivity contribution in [1.82, 2.24) is 9.88 Å². The normalized spacial score (nSPS) is 12.7. The van der Waals surface area contributed by atoms with Gasteiger partial charge in [0.2, 0.25) is 5.43 Å². The van der Waals surface area contributed by atoms with Crippen LogP contribution in [0.2, 0.25) is 0 Å². The number of thioether (sulfide) groups is 1. The number of benzene rings is 1. The third-order valence-electron chi connectivity index (χ3n) is 4.09. The SMILES string of the molecule is CCC(F)COC(=O)NC(C)Sc1ccc2c(c1)c(=O)c(C(=O)O)cn2CC.[NaH]. The number of carbonyl (C=O) groups excluding carboxylic acids is 1. The number of nitrogens with zero attached hydrogens (tertiary/aromatic N) is 1. The second kappa shape index (κ2) is 11.6. The number of alkyl carbamates (subject to hydrolysis) is 1. The van der Waals surface area contributed by atoms with Gasteiger partial charge in [0.15, 0.2) is 0 Å². The number of amides is 1. The Bertz CT molecular complexity index is 937. The van der Waals surface area contributed by atoms with Gasteiger partial charge >= 0.3 is 41.6 Å². The van der Waals surface area contributed by atoms with E-state index in [-0.39, 0.29) is 48.1 Å². The average molecular weight is 434 g/mol. The number of carboxylic acid groups (broad SMARTS) is 1. The minimum absolute atomic E-state index is 0. The summed E-state index contributed by atoms with van der Waals surface area (Å²) >= 11 is 1.26. The summed E-state index contributed by atoms with van der Waals surface area (Å²) in [6.07, 6.45) is -0.312. The van der Waals surface area contributed by atoms with E-state index in [1.54, 1.807) is 36.6 Å². The first-order chi connectivity index (χ1) is 13.3. The Balaban J connectivity index is 0.00000420. The zero-order valence-electron chi connectivity index (χ0n) is 15.9. The third kappa shape index (κ3) is 6.74. The Morgan fingerprint density at radius 1 is 1.34 bits per heavy atom. The van der Waals surface area contributed by atoms with Crippen LogP contribution in [0.25, 0.3) is 10.9 Å². The van der Waals surface area contributed by atoms with Gasteiger partial charge in [-0.15, -0.1) is 11.8 Å². The van der Waals surface area contributed by atoms with Crippen LogP contribution >= 0.6 is 11.8 Å². The molecule has 1 amide bonds. The van der Waals surface area contributed by atoms with Crippen LogP contribution in [0.4, 0.5) is 9.18 Å². The molecule has 1 heterocycles. The quantitative estimate of drug-likeness (QED) is 0.377. The van der Waals surface area contributed by atoms with Gasteiger partial charge in [-0.3, -0.25) is 4.79 Å². The van der Waals surface area contributed by atoms with Crippen molar-refractivity contribution in [2.45, 2.75) is 50.2 Å². The van der Waals surface area contributed by atoms with Crippen LogP contribution in [-0.4, -0.2) is 69.4 Å². The Labute approximate surface area is 194 Å². The number of rotatable bonds is 8. The Morgan fingerprint density at radius 2 is 2.03 bits per heavy atom. The van der Waals surface area contributed by atoms with Gasteiger partial charge in [-0.2, -0.15) is 0 Å². The number of aryl methyl sites for hydroxylation is 1. The molecule has 7 nitrogen and oxygen atoms in total. The number of aromatic nitrogens is 1. The summed E-state index contributed by atoms with van der Waals surface area (Å²) in [6, 6.07) is 5.14. The average Bonchev–Trinajstić information content (AvgIpc) is 2.66. The van der Waals surface area contributed by atoms with Crippen molar-refractivity contribution >= 4 is 64.3 Å². The molecule has 2 rings (SSSR count). The molecule has 0 radical (unpaired) electrons. The van der Waals surface area contributed by atoms with Crippen molar-refractivity contribution in [2.75, 3.05) is 6.61 Å². The van der Waals surface area contributed by atoms with E-state index in [1.165, 1.54) is 18.0 Å². The van der Waals surface area contributed by atoms with Crippen molar-refractivity contribution in [3.05, 3.63) is 40.2 Å². The number of nitrogens with one attached hydrogen (secondary N) is 1. The molecule has 10 heteroatoms. The number of pyridine rings is 1. The summed E-state index contributed by atoms with van der Waals surface area (Å²) in [5.41, 5.74) is -0.207. The second-order valence-electron chi connectivity index (χ2n) is 6.15. The number of fused-ring (bicyclic) bond motifs is 1. The van der Waals surface area contributed by atoms with Gasteiger partial charge in [-0.1, -0.05) is 6.92 Å². The molecule has 0 aliphatic carbocycles. The van der Waals surface area contributed by atoms with Gasteiger partial charge in [0, 0.05) is 23.0 Å². The number of carboxylic acids is 1. The zero-order valence-corrected chi connectivity index (χ0v) is 16.7. The fourth-order valence-electron chi connectivity index (χ4n) is 2.59. The van der Waals surface area contributed by atoms with Crippen LogP contribution in [0, 0.1) is 0 Å². The van der Waals surface area contributed by atoms with Crippen molar-refractivity contribution in [3.8, 4) is 0 Å². The molecule has 154 valence electrons. The molecule has 2 atom stereocenters. The first-order valence-electron chi connectivity index (χ1n) is 8.91. The molecular formula is C19H24FN2NaO5S. The molecule has 0 spiro atoms. The van der Waals surface area contributed by atoms with E-state index in [9.17, 15) is 23.9 Å². The molecule has 1 aromatic carbocycles. The zero-order chi connectivity index (χ0) is 20.8. The van der Waals surface area contributed by atoms with Gasteiger partial charge in [0.05, 0.1) is 10.9 Å². The number of halogens is 1. The van der Waals surface area contributed by atoms with E-state index in [0.29, 0.717) is 22.3 Å². The Morgan fingerprint density at radius 3 is 2.62 bits per heavy atom. The van der Waals surface area contributed by atoms with E-state index in [1.807, 2.05) is 6.92 Å². The number of aromatic carboxylic acids is 1. The molecule has 0 bridgehead atoms. The summed E-state index contributed by atoms with van der Waals surface area (Å²) in [7, 11) is 0. The molecule has 0 fully saturated rings. The van der Waals surface area contributed by atoms with Crippen LogP contribution in [0.5, 0.6) is 0 Å². The fraction of sp³-hybridized carbons (Fsp3) is 0.421. The van der Waals surface area contributed by atoms with E-state index < -0.39 is 29.0 Å². The molecule has 0 aliphatic rings. The van der Waals surface area contributed by atoms with Gasteiger partial charge in [-0.05, 0) is 38.5 Å². The van der Waals surface area contributed by atoms with E-state index in [4.69, 9.17) is 4.74 Å². The first kappa shape index (κ1) is 25.5. The first-order valence-corrected chi connectivity index (χ1v) is 9.79. The number of hydrogen-bond donors (Lipinski definition) is 2. The summed E-state index contributed by atoms with van der Waals surface area (Å²) in [6.45, 7) is 5.45.